The van der Waals surface area contributed by atoms with E-state index in [0.717, 1.165) is 50.6 Å². The summed E-state index contributed by atoms with van der Waals surface area (Å²) in [6, 6.07) is 8.98. The lowest BCUT2D eigenvalue weighted by molar-refractivity contribution is -0.394. The van der Waals surface area contributed by atoms with Gasteiger partial charge >= 0.3 is 0 Å². The van der Waals surface area contributed by atoms with E-state index in [1.807, 2.05) is 0 Å². The molecule has 0 unspecified atom stereocenters. The maximum absolute atomic E-state index is 12.5. The Morgan fingerprint density at radius 1 is 0.828 bits per heavy atom. The number of likely N-dealkylation sites (tertiary alicyclic amines) is 1. The molecule has 2 aromatic rings. The van der Waals surface area contributed by atoms with Crippen molar-refractivity contribution >= 4 is 28.9 Å². The Morgan fingerprint density at radius 3 is 1.90 bits per heavy atom. The quantitative estimate of drug-likeness (QED) is 0.606. The predicted molar refractivity (Wildman–Crippen MR) is 104 cm³/mol. The Bertz CT molecular complexity index is 935. The van der Waals surface area contributed by atoms with Gasteiger partial charge in [-0.1, -0.05) is 0 Å². The molecule has 1 fully saturated rings. The van der Waals surface area contributed by atoms with E-state index in [9.17, 15) is 29.8 Å². The molecule has 3 rings (SSSR count). The van der Waals surface area contributed by atoms with Crippen molar-refractivity contribution in [1.29, 1.82) is 0 Å². The lowest BCUT2D eigenvalue weighted by atomic mass is 10.1. The number of non-ortho nitro benzene ring substituents is 2. The van der Waals surface area contributed by atoms with Crippen molar-refractivity contribution in [3.63, 3.8) is 0 Å². The van der Waals surface area contributed by atoms with Crippen molar-refractivity contribution in [2.45, 2.75) is 19.3 Å². The van der Waals surface area contributed by atoms with E-state index in [0.29, 0.717) is 11.3 Å². The topological polar surface area (TPSA) is 136 Å². The Labute approximate surface area is 165 Å². The fraction of sp³-hybridized carbons (Fsp3) is 0.263. The van der Waals surface area contributed by atoms with Gasteiger partial charge in [0.25, 0.3) is 23.2 Å². The molecule has 0 atom stereocenters. The fourth-order valence-electron chi connectivity index (χ4n) is 3.12. The average Bonchev–Trinajstić information content (AvgIpc) is 2.74. The van der Waals surface area contributed by atoms with Crippen LogP contribution in [0.15, 0.2) is 42.5 Å². The summed E-state index contributed by atoms with van der Waals surface area (Å²) in [6.07, 6.45) is 3.08. The summed E-state index contributed by atoms with van der Waals surface area (Å²) in [4.78, 5) is 47.0. The molecule has 0 aliphatic carbocycles. The molecule has 10 nitrogen and oxygen atoms in total. The lowest BCUT2D eigenvalue weighted by Gasteiger charge is -2.26. The van der Waals surface area contributed by atoms with Crippen LogP contribution in [0.25, 0.3) is 0 Å². The van der Waals surface area contributed by atoms with E-state index < -0.39 is 27.1 Å². The zero-order valence-electron chi connectivity index (χ0n) is 15.4. The SMILES string of the molecule is O=C(Nc1ccc(C(=O)N2CCCCC2)cc1)c1cc([N+](=O)[O-])cc([N+](=O)[O-])c1. The number of carbonyl (C=O) groups is 2. The highest BCUT2D eigenvalue weighted by atomic mass is 16.6. The average molecular weight is 398 g/mol. The van der Waals surface area contributed by atoms with Crippen LogP contribution in [0.2, 0.25) is 0 Å². The van der Waals surface area contributed by atoms with Gasteiger partial charge in [-0.05, 0) is 43.5 Å². The minimum Gasteiger partial charge on any atom is -0.339 e. The summed E-state index contributed by atoms with van der Waals surface area (Å²) in [5.41, 5.74) is -0.451. The van der Waals surface area contributed by atoms with Gasteiger partial charge in [-0.15, -0.1) is 0 Å². The third-order valence-corrected chi connectivity index (χ3v) is 4.62. The monoisotopic (exact) mass is 398 g/mol. The molecule has 0 spiro atoms. The van der Waals surface area contributed by atoms with Gasteiger partial charge in [-0.25, -0.2) is 0 Å². The van der Waals surface area contributed by atoms with Crippen LogP contribution in [0.5, 0.6) is 0 Å². The van der Waals surface area contributed by atoms with Crippen LogP contribution in [0.4, 0.5) is 17.1 Å². The molecule has 1 aliphatic rings. The van der Waals surface area contributed by atoms with Crippen molar-refractivity contribution in [3.05, 3.63) is 73.8 Å². The smallest absolute Gasteiger partial charge is 0.277 e. The summed E-state index contributed by atoms with van der Waals surface area (Å²) >= 11 is 0. The zero-order valence-corrected chi connectivity index (χ0v) is 15.4. The summed E-state index contributed by atoms with van der Waals surface area (Å²) in [5, 5.41) is 24.4. The van der Waals surface area contributed by atoms with E-state index in [-0.39, 0.29) is 11.5 Å². The number of benzene rings is 2. The number of hydrogen-bond donors (Lipinski definition) is 1. The summed E-state index contributed by atoms with van der Waals surface area (Å²) < 4.78 is 0. The number of nitro benzene ring substituents is 2. The van der Waals surface area contributed by atoms with Crippen LogP contribution >= 0.6 is 0 Å². The molecule has 1 aliphatic heterocycles. The Morgan fingerprint density at radius 2 is 1.38 bits per heavy atom. The van der Waals surface area contributed by atoms with Gasteiger partial charge in [-0.3, -0.25) is 29.8 Å². The van der Waals surface area contributed by atoms with Crippen LogP contribution in [-0.4, -0.2) is 39.7 Å². The van der Waals surface area contributed by atoms with Crippen molar-refractivity contribution in [2.24, 2.45) is 0 Å². The molecule has 0 aromatic heterocycles. The van der Waals surface area contributed by atoms with Gasteiger partial charge in [0.1, 0.15) is 0 Å². The minimum atomic E-state index is -0.801. The largest absolute Gasteiger partial charge is 0.339 e. The number of carbonyl (C=O) groups excluding carboxylic acids is 2. The Hall–Kier alpha value is -3.82. The molecule has 1 N–H and O–H groups in total. The second kappa shape index (κ2) is 8.46. The van der Waals surface area contributed by atoms with Crippen LogP contribution < -0.4 is 5.32 Å². The highest BCUT2D eigenvalue weighted by molar-refractivity contribution is 6.05. The number of nitrogens with one attached hydrogen (secondary N) is 1. The Kier molecular flexibility index (Phi) is 5.82. The predicted octanol–water partition coefficient (Wildman–Crippen LogP) is 3.38. The van der Waals surface area contributed by atoms with Crippen molar-refractivity contribution in [1.82, 2.24) is 4.90 Å². The summed E-state index contributed by atoms with van der Waals surface area (Å²) in [5.74, 6) is -0.802. The van der Waals surface area contributed by atoms with Crippen LogP contribution in [0, 0.1) is 20.2 Å². The number of amides is 2. The van der Waals surface area contributed by atoms with Crippen LogP contribution in [-0.2, 0) is 0 Å². The zero-order chi connectivity index (χ0) is 21.0. The summed E-state index contributed by atoms with van der Waals surface area (Å²) in [6.45, 7) is 1.45. The van der Waals surface area contributed by atoms with E-state index in [2.05, 4.69) is 5.32 Å². The molecule has 29 heavy (non-hydrogen) atoms. The van der Waals surface area contributed by atoms with E-state index >= 15 is 0 Å². The Balaban J connectivity index is 1.74. The van der Waals surface area contributed by atoms with Crippen LogP contribution in [0.3, 0.4) is 0 Å². The van der Waals surface area contributed by atoms with E-state index in [4.69, 9.17) is 0 Å². The molecule has 10 heteroatoms. The van der Waals surface area contributed by atoms with E-state index in [1.165, 1.54) is 0 Å². The normalized spacial score (nSPS) is 13.6. The first-order valence-corrected chi connectivity index (χ1v) is 9.00. The van der Waals surface area contributed by atoms with Gasteiger partial charge < -0.3 is 10.2 Å². The van der Waals surface area contributed by atoms with Crippen molar-refractivity contribution in [3.8, 4) is 0 Å². The number of anilines is 1. The number of hydrogen-bond acceptors (Lipinski definition) is 6. The highest BCUT2D eigenvalue weighted by Gasteiger charge is 2.21. The number of piperidine rings is 1. The van der Waals surface area contributed by atoms with Gasteiger partial charge in [0.2, 0.25) is 0 Å². The first kappa shape index (κ1) is 19.9. The third kappa shape index (κ3) is 4.72. The van der Waals surface area contributed by atoms with Gasteiger partial charge in [0, 0.05) is 36.5 Å². The standard InChI is InChI=1S/C19H18N4O6/c24-18(14-10-16(22(26)27)12-17(11-14)23(28)29)20-15-6-4-13(5-7-15)19(25)21-8-2-1-3-9-21/h4-7,10-12H,1-3,8-9H2,(H,20,24). The molecule has 2 amide bonds. The molecule has 0 saturated carbocycles. The third-order valence-electron chi connectivity index (χ3n) is 4.62. The first-order valence-electron chi connectivity index (χ1n) is 9.00. The molecular weight excluding hydrogens is 380 g/mol. The molecule has 1 heterocycles. The summed E-state index contributed by atoms with van der Waals surface area (Å²) in [7, 11) is 0. The first-order chi connectivity index (χ1) is 13.8. The molecule has 0 bridgehead atoms. The molecular formula is C19H18N4O6. The van der Waals surface area contributed by atoms with Gasteiger partial charge in [0.15, 0.2) is 0 Å². The van der Waals surface area contributed by atoms with E-state index in [1.54, 1.807) is 29.2 Å². The van der Waals surface area contributed by atoms with Gasteiger partial charge in [-0.2, -0.15) is 0 Å². The second-order valence-corrected chi connectivity index (χ2v) is 6.64. The lowest BCUT2D eigenvalue weighted by Crippen LogP contribution is -2.35. The van der Waals surface area contributed by atoms with Crippen molar-refractivity contribution < 1.29 is 19.4 Å². The molecule has 0 radical (unpaired) electrons. The maximum atomic E-state index is 12.5. The minimum absolute atomic E-state index is 0.0723. The number of nitrogens with zero attached hydrogens (tertiary/aromatic N) is 3. The van der Waals surface area contributed by atoms with Crippen LogP contribution in [0.1, 0.15) is 40.0 Å². The number of rotatable bonds is 5. The molecule has 2 aromatic carbocycles. The molecule has 150 valence electrons. The second-order valence-electron chi connectivity index (χ2n) is 6.64. The number of nitro groups is 2. The highest BCUT2D eigenvalue weighted by Crippen LogP contribution is 2.23. The van der Waals surface area contributed by atoms with Crippen molar-refractivity contribution in [2.75, 3.05) is 18.4 Å². The van der Waals surface area contributed by atoms with Gasteiger partial charge in [0.05, 0.1) is 21.5 Å². The maximum Gasteiger partial charge on any atom is 0.277 e. The molecule has 1 saturated heterocycles. The fourth-order valence-corrected chi connectivity index (χ4v) is 3.12.